The van der Waals surface area contributed by atoms with Gasteiger partial charge in [-0.2, -0.15) is 0 Å². The SMILES string of the molecule is CC(Oc1ccccc1)C(=O)OCC(=O)c1c(N)n(Cc2ccccc2)c(=O)n(C)c1=O. The largest absolute Gasteiger partial charge is 0.479 e. The topological polar surface area (TPSA) is 123 Å². The molecule has 2 N–H and O–H groups in total. The van der Waals surface area contributed by atoms with Crippen LogP contribution in [0.3, 0.4) is 0 Å². The Morgan fingerprint density at radius 1 is 1.00 bits per heavy atom. The maximum absolute atomic E-state index is 12.7. The third-order valence-corrected chi connectivity index (χ3v) is 4.78. The van der Waals surface area contributed by atoms with Gasteiger partial charge in [0.15, 0.2) is 12.7 Å². The number of para-hydroxylation sites is 1. The third-order valence-electron chi connectivity index (χ3n) is 4.78. The van der Waals surface area contributed by atoms with Crippen molar-refractivity contribution < 1.29 is 19.1 Å². The second kappa shape index (κ2) is 9.78. The van der Waals surface area contributed by atoms with Gasteiger partial charge in [0.05, 0.1) is 6.54 Å². The highest BCUT2D eigenvalue weighted by Gasteiger charge is 2.24. The number of carbonyl (C=O) groups is 2. The highest BCUT2D eigenvalue weighted by Crippen LogP contribution is 2.12. The number of Topliss-reactive ketones (excluding diaryl/α,β-unsaturated/α-hetero) is 1. The van der Waals surface area contributed by atoms with Crippen molar-refractivity contribution >= 4 is 17.6 Å². The standard InChI is InChI=1S/C23H23N3O6/c1-15(32-17-11-7-4-8-12-17)22(29)31-14-18(27)19-20(24)26(23(30)25(2)21(19)28)13-16-9-5-3-6-10-16/h3-12,15H,13-14,24H2,1-2H3. The van der Waals surface area contributed by atoms with Crippen LogP contribution in [0.25, 0.3) is 0 Å². The van der Waals surface area contributed by atoms with Gasteiger partial charge in [0.2, 0.25) is 5.78 Å². The summed E-state index contributed by atoms with van der Waals surface area (Å²) in [5, 5.41) is 0. The molecule has 0 radical (unpaired) electrons. The van der Waals surface area contributed by atoms with E-state index in [4.69, 9.17) is 15.2 Å². The fraction of sp³-hybridized carbons (Fsp3) is 0.217. The first-order chi connectivity index (χ1) is 15.3. The molecule has 2 aromatic carbocycles. The lowest BCUT2D eigenvalue weighted by Gasteiger charge is -2.16. The molecule has 0 aliphatic rings. The molecule has 1 aromatic heterocycles. The van der Waals surface area contributed by atoms with E-state index in [1.807, 2.05) is 6.07 Å². The predicted octanol–water partition coefficient (Wildman–Crippen LogP) is 1.37. The summed E-state index contributed by atoms with van der Waals surface area (Å²) in [4.78, 5) is 50.0. The number of hydrogen-bond donors (Lipinski definition) is 1. The fourth-order valence-corrected chi connectivity index (χ4v) is 3.04. The molecule has 1 unspecified atom stereocenters. The number of benzene rings is 2. The Morgan fingerprint density at radius 2 is 1.59 bits per heavy atom. The van der Waals surface area contributed by atoms with Gasteiger partial charge >= 0.3 is 11.7 Å². The van der Waals surface area contributed by atoms with E-state index >= 15 is 0 Å². The Labute approximate surface area is 183 Å². The van der Waals surface area contributed by atoms with E-state index in [9.17, 15) is 19.2 Å². The zero-order valence-electron chi connectivity index (χ0n) is 17.7. The monoisotopic (exact) mass is 437 g/mol. The molecule has 1 atom stereocenters. The molecule has 3 aromatic rings. The van der Waals surface area contributed by atoms with E-state index in [0.29, 0.717) is 5.75 Å². The molecular weight excluding hydrogens is 414 g/mol. The molecule has 9 nitrogen and oxygen atoms in total. The quantitative estimate of drug-likeness (QED) is 0.417. The van der Waals surface area contributed by atoms with Gasteiger partial charge < -0.3 is 15.2 Å². The number of esters is 1. The summed E-state index contributed by atoms with van der Waals surface area (Å²) in [6.45, 7) is 0.833. The van der Waals surface area contributed by atoms with Crippen LogP contribution in [0.5, 0.6) is 5.75 Å². The smallest absolute Gasteiger partial charge is 0.347 e. The molecule has 0 saturated carbocycles. The zero-order valence-corrected chi connectivity index (χ0v) is 17.7. The minimum Gasteiger partial charge on any atom is -0.479 e. The molecule has 0 aliphatic carbocycles. The van der Waals surface area contributed by atoms with Gasteiger partial charge in [-0.25, -0.2) is 9.59 Å². The molecule has 0 bridgehead atoms. The summed E-state index contributed by atoms with van der Waals surface area (Å²) in [7, 11) is 1.25. The van der Waals surface area contributed by atoms with Crippen LogP contribution < -0.4 is 21.7 Å². The highest BCUT2D eigenvalue weighted by molar-refractivity contribution is 6.01. The molecule has 166 valence electrons. The number of anilines is 1. The minimum atomic E-state index is -0.975. The predicted molar refractivity (Wildman–Crippen MR) is 118 cm³/mol. The van der Waals surface area contributed by atoms with Crippen molar-refractivity contribution in [2.45, 2.75) is 19.6 Å². The van der Waals surface area contributed by atoms with Gasteiger partial charge in [-0.05, 0) is 24.6 Å². The van der Waals surface area contributed by atoms with Crippen molar-refractivity contribution in [2.75, 3.05) is 12.3 Å². The molecule has 9 heteroatoms. The van der Waals surface area contributed by atoms with Gasteiger partial charge in [-0.1, -0.05) is 48.5 Å². The summed E-state index contributed by atoms with van der Waals surface area (Å²) in [5.74, 6) is -1.41. The van der Waals surface area contributed by atoms with Crippen LogP contribution in [0.4, 0.5) is 5.82 Å². The summed E-state index contributed by atoms with van der Waals surface area (Å²) >= 11 is 0. The summed E-state index contributed by atoms with van der Waals surface area (Å²) in [5.41, 5.74) is 4.87. The first-order valence-electron chi connectivity index (χ1n) is 9.84. The lowest BCUT2D eigenvalue weighted by Crippen LogP contribution is -2.43. The number of aromatic nitrogens is 2. The Hall–Kier alpha value is -4.14. The van der Waals surface area contributed by atoms with Crippen LogP contribution in [0, 0.1) is 0 Å². The molecule has 1 heterocycles. The summed E-state index contributed by atoms with van der Waals surface area (Å²) < 4.78 is 12.4. The number of nitrogens with zero attached hydrogens (tertiary/aromatic N) is 2. The second-order valence-corrected chi connectivity index (χ2v) is 7.08. The van der Waals surface area contributed by atoms with E-state index < -0.39 is 41.3 Å². The van der Waals surface area contributed by atoms with Crippen molar-refractivity contribution in [1.29, 1.82) is 0 Å². The van der Waals surface area contributed by atoms with Crippen molar-refractivity contribution in [1.82, 2.24) is 9.13 Å². The van der Waals surface area contributed by atoms with Crippen LogP contribution in [0.15, 0.2) is 70.3 Å². The Kier molecular flexibility index (Phi) is 6.89. The molecule has 0 fully saturated rings. The molecular formula is C23H23N3O6. The van der Waals surface area contributed by atoms with Crippen LogP contribution in [-0.4, -0.2) is 33.6 Å². The van der Waals surface area contributed by atoms with Crippen LogP contribution in [0.1, 0.15) is 22.8 Å². The molecule has 0 saturated heterocycles. The van der Waals surface area contributed by atoms with E-state index in [0.717, 1.165) is 14.7 Å². The number of carbonyl (C=O) groups excluding carboxylic acids is 2. The summed E-state index contributed by atoms with van der Waals surface area (Å²) in [6, 6.07) is 17.6. The van der Waals surface area contributed by atoms with E-state index in [1.54, 1.807) is 54.6 Å². The maximum Gasteiger partial charge on any atom is 0.347 e. The lowest BCUT2D eigenvalue weighted by atomic mass is 10.2. The van der Waals surface area contributed by atoms with Gasteiger partial charge in [0.25, 0.3) is 5.56 Å². The number of ether oxygens (including phenoxy) is 2. The normalized spacial score (nSPS) is 11.6. The first kappa shape index (κ1) is 22.5. The number of hydrogen-bond acceptors (Lipinski definition) is 7. The molecule has 0 spiro atoms. The fourth-order valence-electron chi connectivity index (χ4n) is 3.04. The minimum absolute atomic E-state index is 0.0711. The Morgan fingerprint density at radius 3 is 2.22 bits per heavy atom. The van der Waals surface area contributed by atoms with E-state index in [-0.39, 0.29) is 12.4 Å². The van der Waals surface area contributed by atoms with E-state index in [2.05, 4.69) is 0 Å². The van der Waals surface area contributed by atoms with Crippen LogP contribution in [0.2, 0.25) is 0 Å². The average Bonchev–Trinajstić information content (AvgIpc) is 2.80. The Balaban J connectivity index is 1.78. The first-order valence-corrected chi connectivity index (χ1v) is 9.84. The molecule has 3 rings (SSSR count). The van der Waals surface area contributed by atoms with Crippen molar-refractivity contribution in [3.8, 4) is 5.75 Å². The van der Waals surface area contributed by atoms with Crippen LogP contribution >= 0.6 is 0 Å². The number of ketones is 1. The van der Waals surface area contributed by atoms with Gasteiger partial charge in [-0.3, -0.25) is 18.7 Å². The number of rotatable bonds is 8. The van der Waals surface area contributed by atoms with Gasteiger partial charge in [0, 0.05) is 7.05 Å². The third kappa shape index (κ3) is 4.94. The number of nitrogens with two attached hydrogens (primary N) is 1. The van der Waals surface area contributed by atoms with Crippen molar-refractivity contribution in [2.24, 2.45) is 7.05 Å². The summed E-state index contributed by atoms with van der Waals surface area (Å²) in [6.07, 6.45) is -0.975. The molecule has 0 amide bonds. The maximum atomic E-state index is 12.7. The van der Waals surface area contributed by atoms with E-state index in [1.165, 1.54) is 14.0 Å². The molecule has 0 aliphatic heterocycles. The Bertz CT molecular complexity index is 1230. The molecule has 32 heavy (non-hydrogen) atoms. The van der Waals surface area contributed by atoms with Gasteiger partial charge in [-0.15, -0.1) is 0 Å². The van der Waals surface area contributed by atoms with Gasteiger partial charge in [0.1, 0.15) is 17.1 Å². The number of nitrogen functional groups attached to an aromatic ring is 1. The lowest BCUT2D eigenvalue weighted by molar-refractivity contribution is -0.149. The van der Waals surface area contributed by atoms with Crippen molar-refractivity contribution in [3.05, 3.63) is 92.6 Å². The average molecular weight is 437 g/mol. The zero-order chi connectivity index (χ0) is 23.3. The highest BCUT2D eigenvalue weighted by atomic mass is 16.6. The van der Waals surface area contributed by atoms with Crippen LogP contribution in [-0.2, 0) is 23.1 Å². The second-order valence-electron chi connectivity index (χ2n) is 7.08. The van der Waals surface area contributed by atoms with Crippen molar-refractivity contribution in [3.63, 3.8) is 0 Å².